The highest BCUT2D eigenvalue weighted by Crippen LogP contribution is 2.33. The fraction of sp³-hybridized carbons (Fsp3) is 0.353. The average molecular weight is 316 g/mol. The normalized spacial score (nSPS) is 20.3. The van der Waals surface area contributed by atoms with Crippen molar-refractivity contribution >= 4 is 17.7 Å². The molecule has 1 aromatic carbocycles. The van der Waals surface area contributed by atoms with Crippen LogP contribution in [-0.4, -0.2) is 30.9 Å². The molecular formula is C17H20N2O4. The Kier molecular flexibility index (Phi) is 5.51. The summed E-state index contributed by atoms with van der Waals surface area (Å²) in [6, 6.07) is 6.23. The van der Waals surface area contributed by atoms with Crippen LogP contribution in [0.2, 0.25) is 0 Å². The topological polar surface area (TPSA) is 77.0 Å². The quantitative estimate of drug-likeness (QED) is 0.646. The number of nitrogens with zero attached hydrogens (tertiary/aromatic N) is 1. The number of benzene rings is 1. The third kappa shape index (κ3) is 3.77. The largest absolute Gasteiger partial charge is 0.494 e. The minimum atomic E-state index is -0.700. The van der Waals surface area contributed by atoms with Crippen LogP contribution < -0.4 is 10.1 Å². The molecule has 0 radical (unpaired) electrons. The molecule has 1 N–H and O–H groups in total. The van der Waals surface area contributed by atoms with Gasteiger partial charge in [0.2, 0.25) is 0 Å². The molecule has 23 heavy (non-hydrogen) atoms. The summed E-state index contributed by atoms with van der Waals surface area (Å²) in [7, 11) is 0. The summed E-state index contributed by atoms with van der Waals surface area (Å²) in [5.74, 6) is -0.534. The van der Waals surface area contributed by atoms with Gasteiger partial charge in [0.15, 0.2) is 0 Å². The SMILES string of the molecule is C=CCOC(=O)C1C(C)=NC(=O)NC1c1ccccc1OCC. The fourth-order valence-corrected chi connectivity index (χ4v) is 2.54. The van der Waals surface area contributed by atoms with Crippen molar-refractivity contribution in [3.05, 3.63) is 42.5 Å². The first-order valence-electron chi connectivity index (χ1n) is 7.43. The third-order valence-electron chi connectivity index (χ3n) is 3.49. The summed E-state index contributed by atoms with van der Waals surface area (Å²) in [6.45, 7) is 7.64. The number of nitrogens with one attached hydrogen (secondary N) is 1. The second-order valence-corrected chi connectivity index (χ2v) is 5.05. The van der Waals surface area contributed by atoms with Crippen molar-refractivity contribution < 1.29 is 19.1 Å². The molecule has 2 atom stereocenters. The molecule has 0 saturated carbocycles. The van der Waals surface area contributed by atoms with E-state index in [1.165, 1.54) is 6.08 Å². The molecule has 2 amide bonds. The van der Waals surface area contributed by atoms with E-state index in [-0.39, 0.29) is 6.61 Å². The molecule has 1 aromatic rings. The van der Waals surface area contributed by atoms with Crippen LogP contribution in [0.25, 0.3) is 0 Å². The van der Waals surface area contributed by atoms with Crippen molar-refractivity contribution in [1.29, 1.82) is 0 Å². The fourth-order valence-electron chi connectivity index (χ4n) is 2.54. The predicted molar refractivity (Wildman–Crippen MR) is 86.6 cm³/mol. The standard InChI is InChI=1S/C17H20N2O4/c1-4-10-23-16(20)14-11(3)18-17(21)19-15(14)12-8-6-7-9-13(12)22-5-2/h4,6-9,14-15H,1,5,10H2,2-3H3,(H,19,21). The number of ether oxygens (including phenoxy) is 2. The van der Waals surface area contributed by atoms with E-state index in [2.05, 4.69) is 16.9 Å². The van der Waals surface area contributed by atoms with Gasteiger partial charge in [0.1, 0.15) is 18.3 Å². The molecule has 1 aliphatic rings. The Morgan fingerprint density at radius 1 is 1.43 bits per heavy atom. The second kappa shape index (κ2) is 7.58. The predicted octanol–water partition coefficient (Wildman–Crippen LogP) is 2.66. The van der Waals surface area contributed by atoms with E-state index in [9.17, 15) is 9.59 Å². The van der Waals surface area contributed by atoms with Gasteiger partial charge in [-0.05, 0) is 19.9 Å². The molecule has 2 unspecified atom stereocenters. The maximum atomic E-state index is 12.4. The maximum Gasteiger partial charge on any atom is 0.341 e. The molecule has 0 spiro atoms. The molecule has 6 heteroatoms. The molecular weight excluding hydrogens is 296 g/mol. The van der Waals surface area contributed by atoms with Crippen molar-refractivity contribution in [2.75, 3.05) is 13.2 Å². The molecule has 0 saturated heterocycles. The number of para-hydroxylation sites is 1. The van der Waals surface area contributed by atoms with Crippen molar-refractivity contribution in [3.63, 3.8) is 0 Å². The van der Waals surface area contributed by atoms with Crippen LogP contribution >= 0.6 is 0 Å². The van der Waals surface area contributed by atoms with Crippen molar-refractivity contribution in [2.45, 2.75) is 19.9 Å². The molecule has 0 bridgehead atoms. The summed E-state index contributed by atoms with van der Waals surface area (Å²) >= 11 is 0. The minimum absolute atomic E-state index is 0.108. The number of carbonyl (C=O) groups excluding carboxylic acids is 2. The number of hydrogen-bond acceptors (Lipinski definition) is 4. The molecule has 1 heterocycles. The highest BCUT2D eigenvalue weighted by atomic mass is 16.5. The van der Waals surface area contributed by atoms with Gasteiger partial charge in [-0.25, -0.2) is 9.79 Å². The Morgan fingerprint density at radius 3 is 2.87 bits per heavy atom. The highest BCUT2D eigenvalue weighted by Gasteiger charge is 2.39. The van der Waals surface area contributed by atoms with Gasteiger partial charge >= 0.3 is 12.0 Å². The van der Waals surface area contributed by atoms with E-state index in [0.29, 0.717) is 18.1 Å². The minimum Gasteiger partial charge on any atom is -0.494 e. The lowest BCUT2D eigenvalue weighted by atomic mass is 9.88. The molecule has 1 aliphatic heterocycles. The summed E-state index contributed by atoms with van der Waals surface area (Å²) in [5, 5.41) is 2.74. The van der Waals surface area contributed by atoms with E-state index < -0.39 is 24.0 Å². The van der Waals surface area contributed by atoms with Crippen LogP contribution in [0.3, 0.4) is 0 Å². The second-order valence-electron chi connectivity index (χ2n) is 5.05. The van der Waals surface area contributed by atoms with Crippen LogP contribution in [0, 0.1) is 5.92 Å². The van der Waals surface area contributed by atoms with Crippen LogP contribution in [0.1, 0.15) is 25.5 Å². The lowest BCUT2D eigenvalue weighted by Crippen LogP contribution is -2.44. The Hall–Kier alpha value is -2.63. The van der Waals surface area contributed by atoms with Crippen LogP contribution in [-0.2, 0) is 9.53 Å². The molecule has 0 fully saturated rings. The molecule has 2 rings (SSSR count). The van der Waals surface area contributed by atoms with E-state index >= 15 is 0 Å². The van der Waals surface area contributed by atoms with Gasteiger partial charge in [-0.3, -0.25) is 4.79 Å². The van der Waals surface area contributed by atoms with Crippen LogP contribution in [0.15, 0.2) is 41.9 Å². The number of esters is 1. The van der Waals surface area contributed by atoms with Gasteiger partial charge in [-0.2, -0.15) is 0 Å². The number of hydrogen-bond donors (Lipinski definition) is 1. The number of aliphatic imine (C=N–C) groups is 1. The van der Waals surface area contributed by atoms with Gasteiger partial charge in [0, 0.05) is 11.3 Å². The summed E-state index contributed by atoms with van der Waals surface area (Å²) in [6.07, 6.45) is 1.49. The Bertz CT molecular complexity index is 639. The summed E-state index contributed by atoms with van der Waals surface area (Å²) < 4.78 is 10.8. The van der Waals surface area contributed by atoms with Gasteiger partial charge in [0.05, 0.1) is 12.6 Å². The molecule has 122 valence electrons. The summed E-state index contributed by atoms with van der Waals surface area (Å²) in [4.78, 5) is 28.0. The number of urea groups is 1. The van der Waals surface area contributed by atoms with Crippen molar-refractivity contribution in [2.24, 2.45) is 10.9 Å². The molecule has 0 aromatic heterocycles. The first-order chi connectivity index (χ1) is 11.1. The van der Waals surface area contributed by atoms with Crippen LogP contribution in [0.5, 0.6) is 5.75 Å². The zero-order valence-electron chi connectivity index (χ0n) is 13.2. The van der Waals surface area contributed by atoms with E-state index in [1.54, 1.807) is 13.0 Å². The van der Waals surface area contributed by atoms with Gasteiger partial charge < -0.3 is 14.8 Å². The molecule has 6 nitrogen and oxygen atoms in total. The van der Waals surface area contributed by atoms with Crippen LogP contribution in [0.4, 0.5) is 4.79 Å². The Balaban J connectivity index is 2.41. The zero-order valence-corrected chi connectivity index (χ0v) is 13.2. The maximum absolute atomic E-state index is 12.4. The Morgan fingerprint density at radius 2 is 2.17 bits per heavy atom. The Labute approximate surface area is 135 Å². The number of amides is 2. The highest BCUT2D eigenvalue weighted by molar-refractivity contribution is 6.08. The van der Waals surface area contributed by atoms with Gasteiger partial charge in [-0.15, -0.1) is 0 Å². The van der Waals surface area contributed by atoms with Gasteiger partial charge in [-0.1, -0.05) is 30.9 Å². The lowest BCUT2D eigenvalue weighted by Gasteiger charge is -2.30. The third-order valence-corrected chi connectivity index (χ3v) is 3.49. The average Bonchev–Trinajstić information content (AvgIpc) is 2.52. The van der Waals surface area contributed by atoms with Gasteiger partial charge in [0.25, 0.3) is 0 Å². The van der Waals surface area contributed by atoms with Crippen molar-refractivity contribution in [3.8, 4) is 5.75 Å². The lowest BCUT2D eigenvalue weighted by molar-refractivity contribution is -0.145. The monoisotopic (exact) mass is 316 g/mol. The smallest absolute Gasteiger partial charge is 0.341 e. The van der Waals surface area contributed by atoms with E-state index in [1.807, 2.05) is 25.1 Å². The summed E-state index contributed by atoms with van der Waals surface area (Å²) in [5.41, 5.74) is 1.14. The number of rotatable bonds is 6. The molecule has 0 aliphatic carbocycles. The van der Waals surface area contributed by atoms with E-state index in [4.69, 9.17) is 9.47 Å². The zero-order chi connectivity index (χ0) is 16.8. The van der Waals surface area contributed by atoms with Crippen molar-refractivity contribution in [1.82, 2.24) is 5.32 Å². The van der Waals surface area contributed by atoms with E-state index in [0.717, 1.165) is 5.56 Å². The first-order valence-corrected chi connectivity index (χ1v) is 7.43. The number of carbonyl (C=O) groups is 2. The first kappa shape index (κ1) is 16.7.